The molecule has 1 fully saturated rings. The molecule has 0 spiro atoms. The molecule has 1 aliphatic heterocycles. The lowest BCUT2D eigenvalue weighted by Crippen LogP contribution is -2.47. The molecule has 33 heavy (non-hydrogen) atoms. The van der Waals surface area contributed by atoms with E-state index in [-0.39, 0.29) is 5.91 Å². The molecule has 0 unspecified atom stereocenters. The Morgan fingerprint density at radius 1 is 1.06 bits per heavy atom. The standard InChI is InChI=1S/C25H24N6OS/c1-16(32)31-9-7-30(8-10-31)15-17-2-5-21-19(12-17)14-23(27-21)24-20-4-3-18(13-22(20)28-29-24)25-26-6-11-33-25/h2-6,11-14,27H,7-10,15H2,1H3,(H,28,29). The van der Waals surface area contributed by atoms with Crippen molar-refractivity contribution in [2.24, 2.45) is 0 Å². The van der Waals surface area contributed by atoms with E-state index in [1.807, 2.05) is 16.5 Å². The molecule has 7 nitrogen and oxygen atoms in total. The molecule has 2 N–H and O–H groups in total. The van der Waals surface area contributed by atoms with Gasteiger partial charge in [-0.2, -0.15) is 5.10 Å². The van der Waals surface area contributed by atoms with Crippen molar-refractivity contribution in [2.75, 3.05) is 26.2 Å². The Hall–Kier alpha value is -3.49. The van der Waals surface area contributed by atoms with Gasteiger partial charge in [0.1, 0.15) is 10.7 Å². The molecule has 3 aromatic heterocycles. The second-order valence-corrected chi connectivity index (χ2v) is 9.45. The Morgan fingerprint density at radius 3 is 2.73 bits per heavy atom. The van der Waals surface area contributed by atoms with Gasteiger partial charge in [0.25, 0.3) is 0 Å². The Labute approximate surface area is 195 Å². The molecule has 1 saturated heterocycles. The summed E-state index contributed by atoms with van der Waals surface area (Å²) in [6, 6.07) is 15.1. The first-order valence-electron chi connectivity index (χ1n) is 11.1. The van der Waals surface area contributed by atoms with Crippen molar-refractivity contribution in [3.8, 4) is 22.0 Å². The highest BCUT2D eigenvalue weighted by atomic mass is 32.1. The van der Waals surface area contributed by atoms with Crippen molar-refractivity contribution in [1.82, 2.24) is 30.0 Å². The van der Waals surface area contributed by atoms with Crippen LogP contribution in [0.25, 0.3) is 43.8 Å². The fourth-order valence-corrected chi connectivity index (χ4v) is 5.25. The van der Waals surface area contributed by atoms with E-state index in [2.05, 4.69) is 67.5 Å². The number of aromatic amines is 2. The number of H-pyrrole nitrogens is 2. The summed E-state index contributed by atoms with van der Waals surface area (Å²) in [6.45, 7) is 5.99. The van der Waals surface area contributed by atoms with Gasteiger partial charge in [0.2, 0.25) is 5.91 Å². The highest BCUT2D eigenvalue weighted by Gasteiger charge is 2.19. The molecule has 4 heterocycles. The Balaban J connectivity index is 1.25. The average Bonchev–Trinajstić information content (AvgIpc) is 3.57. The van der Waals surface area contributed by atoms with Crippen molar-refractivity contribution in [3.05, 3.63) is 59.6 Å². The first-order valence-corrected chi connectivity index (χ1v) is 12.0. The molecule has 0 bridgehead atoms. The number of thiazole rings is 1. The van der Waals surface area contributed by atoms with Crippen molar-refractivity contribution in [1.29, 1.82) is 0 Å². The molecule has 1 amide bonds. The smallest absolute Gasteiger partial charge is 0.219 e. The number of hydrogen-bond donors (Lipinski definition) is 2. The fraction of sp³-hybridized carbons (Fsp3) is 0.240. The zero-order valence-electron chi connectivity index (χ0n) is 18.3. The predicted molar refractivity (Wildman–Crippen MR) is 132 cm³/mol. The lowest BCUT2D eigenvalue weighted by molar-refractivity contribution is -0.130. The van der Waals surface area contributed by atoms with Crippen molar-refractivity contribution < 1.29 is 4.79 Å². The fourth-order valence-electron chi connectivity index (χ4n) is 4.61. The normalized spacial score (nSPS) is 15.0. The number of carbonyl (C=O) groups is 1. The van der Waals surface area contributed by atoms with Crippen LogP contribution in [0, 0.1) is 0 Å². The van der Waals surface area contributed by atoms with E-state index in [4.69, 9.17) is 0 Å². The van der Waals surface area contributed by atoms with Gasteiger partial charge in [-0.3, -0.25) is 14.8 Å². The van der Waals surface area contributed by atoms with Gasteiger partial charge in [0.05, 0.1) is 11.2 Å². The number of carbonyl (C=O) groups excluding carboxylic acids is 1. The van der Waals surface area contributed by atoms with Gasteiger partial charge in [-0.25, -0.2) is 4.98 Å². The predicted octanol–water partition coefficient (Wildman–Crippen LogP) is 4.50. The molecule has 0 radical (unpaired) electrons. The van der Waals surface area contributed by atoms with E-state index in [0.717, 1.165) is 71.1 Å². The van der Waals surface area contributed by atoms with Crippen LogP contribution < -0.4 is 0 Å². The largest absolute Gasteiger partial charge is 0.353 e. The summed E-state index contributed by atoms with van der Waals surface area (Å²) in [7, 11) is 0. The maximum atomic E-state index is 11.6. The van der Waals surface area contributed by atoms with Crippen molar-refractivity contribution >= 4 is 39.0 Å². The molecule has 0 saturated carbocycles. The number of aromatic nitrogens is 4. The van der Waals surface area contributed by atoms with E-state index in [1.54, 1.807) is 18.3 Å². The van der Waals surface area contributed by atoms with Crippen LogP contribution in [0.15, 0.2) is 54.0 Å². The van der Waals surface area contributed by atoms with Gasteiger partial charge >= 0.3 is 0 Å². The molecule has 6 rings (SSSR count). The topological polar surface area (TPSA) is 80.9 Å². The van der Waals surface area contributed by atoms with Crippen LogP contribution >= 0.6 is 11.3 Å². The maximum Gasteiger partial charge on any atom is 0.219 e. The SMILES string of the molecule is CC(=O)N1CCN(Cc2ccc3[nH]c(-c4n[nH]c5cc(-c6nccs6)ccc45)cc3c2)CC1. The van der Waals surface area contributed by atoms with Crippen LogP contribution in [0.4, 0.5) is 0 Å². The van der Waals surface area contributed by atoms with Crippen LogP contribution in [0.5, 0.6) is 0 Å². The molecular weight excluding hydrogens is 432 g/mol. The molecule has 166 valence electrons. The summed E-state index contributed by atoms with van der Waals surface area (Å²) in [5, 5.41) is 13.1. The van der Waals surface area contributed by atoms with E-state index in [0.29, 0.717) is 0 Å². The summed E-state index contributed by atoms with van der Waals surface area (Å²) in [5.41, 5.74) is 6.41. The first kappa shape index (κ1) is 20.1. The summed E-state index contributed by atoms with van der Waals surface area (Å²) in [6.07, 6.45) is 1.83. The zero-order chi connectivity index (χ0) is 22.4. The van der Waals surface area contributed by atoms with Gasteiger partial charge in [-0.15, -0.1) is 11.3 Å². The van der Waals surface area contributed by atoms with Gasteiger partial charge < -0.3 is 9.88 Å². The molecule has 2 aromatic carbocycles. The van der Waals surface area contributed by atoms with Crippen molar-refractivity contribution in [3.63, 3.8) is 0 Å². The van der Waals surface area contributed by atoms with Crippen LogP contribution in [0.3, 0.4) is 0 Å². The van der Waals surface area contributed by atoms with E-state index >= 15 is 0 Å². The molecular formula is C25H24N6OS. The monoisotopic (exact) mass is 456 g/mol. The van der Waals surface area contributed by atoms with Crippen LogP contribution in [-0.2, 0) is 11.3 Å². The lowest BCUT2D eigenvalue weighted by atomic mass is 10.1. The zero-order valence-corrected chi connectivity index (χ0v) is 19.2. The molecule has 8 heteroatoms. The van der Waals surface area contributed by atoms with E-state index in [1.165, 1.54) is 10.9 Å². The quantitative estimate of drug-likeness (QED) is 0.417. The second-order valence-electron chi connectivity index (χ2n) is 8.56. The number of hydrogen-bond acceptors (Lipinski definition) is 5. The molecule has 0 aliphatic carbocycles. The number of rotatable bonds is 4. The Morgan fingerprint density at radius 2 is 1.94 bits per heavy atom. The third-order valence-electron chi connectivity index (χ3n) is 6.41. The summed E-state index contributed by atoms with van der Waals surface area (Å²) < 4.78 is 0. The minimum atomic E-state index is 0.168. The number of nitrogens with zero attached hydrogens (tertiary/aromatic N) is 4. The molecule has 5 aromatic rings. The summed E-state index contributed by atoms with van der Waals surface area (Å²) >= 11 is 1.63. The highest BCUT2D eigenvalue weighted by molar-refractivity contribution is 7.13. The third-order valence-corrected chi connectivity index (χ3v) is 7.23. The molecule has 1 aliphatic rings. The Kier molecular flexibility index (Phi) is 4.96. The third kappa shape index (κ3) is 3.81. The maximum absolute atomic E-state index is 11.6. The van der Waals surface area contributed by atoms with Gasteiger partial charge in [-0.05, 0) is 35.9 Å². The van der Waals surface area contributed by atoms with Crippen molar-refractivity contribution in [2.45, 2.75) is 13.5 Å². The summed E-state index contributed by atoms with van der Waals surface area (Å²) in [5.74, 6) is 0.168. The Bertz CT molecular complexity index is 1440. The average molecular weight is 457 g/mol. The van der Waals surface area contributed by atoms with Crippen LogP contribution in [-0.4, -0.2) is 62.1 Å². The van der Waals surface area contributed by atoms with Gasteiger partial charge in [0.15, 0.2) is 0 Å². The number of amides is 1. The highest BCUT2D eigenvalue weighted by Crippen LogP contribution is 2.32. The number of nitrogens with one attached hydrogen (secondary N) is 2. The molecule has 0 atom stereocenters. The number of piperazine rings is 1. The second kappa shape index (κ2) is 8.13. The van der Waals surface area contributed by atoms with Crippen LogP contribution in [0.1, 0.15) is 12.5 Å². The minimum Gasteiger partial charge on any atom is -0.353 e. The van der Waals surface area contributed by atoms with E-state index < -0.39 is 0 Å². The summed E-state index contributed by atoms with van der Waals surface area (Å²) in [4.78, 5) is 23.8. The first-order chi connectivity index (χ1) is 16.1. The van der Waals surface area contributed by atoms with Crippen LogP contribution in [0.2, 0.25) is 0 Å². The van der Waals surface area contributed by atoms with Gasteiger partial charge in [0, 0.05) is 73.1 Å². The number of fused-ring (bicyclic) bond motifs is 2. The van der Waals surface area contributed by atoms with E-state index in [9.17, 15) is 4.79 Å². The number of benzene rings is 2. The minimum absolute atomic E-state index is 0.168. The lowest BCUT2D eigenvalue weighted by Gasteiger charge is -2.34. The van der Waals surface area contributed by atoms with Gasteiger partial charge in [-0.1, -0.05) is 12.1 Å².